The number of benzene rings is 1. The van der Waals surface area contributed by atoms with Gasteiger partial charge in [0.15, 0.2) is 0 Å². The van der Waals surface area contributed by atoms with Crippen molar-refractivity contribution < 1.29 is 0 Å². The first kappa shape index (κ1) is 11.3. The Morgan fingerprint density at radius 1 is 1.20 bits per heavy atom. The largest absolute Gasteiger partial charge is 0.316 e. The summed E-state index contributed by atoms with van der Waals surface area (Å²) in [5.74, 6) is 0. The number of rotatable bonds is 1. The molecule has 2 rings (SSSR count). The van der Waals surface area contributed by atoms with Crippen molar-refractivity contribution in [2.24, 2.45) is 0 Å². The van der Waals surface area contributed by atoms with Crippen LogP contribution < -0.4 is 5.32 Å². The summed E-state index contributed by atoms with van der Waals surface area (Å²) in [5.41, 5.74) is 1.42. The van der Waals surface area contributed by atoms with E-state index in [0.29, 0.717) is 0 Å². The van der Waals surface area contributed by atoms with Crippen LogP contribution in [0.25, 0.3) is 0 Å². The summed E-state index contributed by atoms with van der Waals surface area (Å²) in [5, 5.41) is 4.88. The SMILES string of the molecule is CC1(c2cc(Cl)cc(Cl)c2)CCCNC1. The minimum atomic E-state index is 0.173. The number of hydrogen-bond acceptors (Lipinski definition) is 1. The topological polar surface area (TPSA) is 12.0 Å². The van der Waals surface area contributed by atoms with E-state index in [0.717, 1.165) is 23.1 Å². The molecule has 1 heterocycles. The highest BCUT2D eigenvalue weighted by Crippen LogP contribution is 2.33. The van der Waals surface area contributed by atoms with E-state index in [1.807, 2.05) is 12.1 Å². The predicted molar refractivity (Wildman–Crippen MR) is 65.9 cm³/mol. The summed E-state index contributed by atoms with van der Waals surface area (Å²) >= 11 is 12.1. The molecule has 3 heteroatoms. The highest BCUT2D eigenvalue weighted by Gasteiger charge is 2.29. The minimum Gasteiger partial charge on any atom is -0.316 e. The summed E-state index contributed by atoms with van der Waals surface area (Å²) in [4.78, 5) is 0. The van der Waals surface area contributed by atoms with Gasteiger partial charge < -0.3 is 5.32 Å². The molecule has 0 spiro atoms. The van der Waals surface area contributed by atoms with Crippen molar-refractivity contribution in [2.45, 2.75) is 25.2 Å². The van der Waals surface area contributed by atoms with Crippen LogP contribution in [0.1, 0.15) is 25.3 Å². The quantitative estimate of drug-likeness (QED) is 0.795. The normalized spacial score (nSPS) is 26.6. The smallest absolute Gasteiger partial charge is 0.0423 e. The molecule has 1 aromatic carbocycles. The van der Waals surface area contributed by atoms with Gasteiger partial charge in [-0.2, -0.15) is 0 Å². The molecule has 1 nitrogen and oxygen atoms in total. The van der Waals surface area contributed by atoms with Crippen molar-refractivity contribution in [3.63, 3.8) is 0 Å². The Balaban J connectivity index is 2.34. The van der Waals surface area contributed by atoms with Gasteiger partial charge in [0.1, 0.15) is 0 Å². The Morgan fingerprint density at radius 3 is 2.40 bits per heavy atom. The lowest BCUT2D eigenvalue weighted by Crippen LogP contribution is -2.41. The van der Waals surface area contributed by atoms with E-state index in [1.54, 1.807) is 6.07 Å². The number of hydrogen-bond donors (Lipinski definition) is 1. The molecular weight excluding hydrogens is 229 g/mol. The van der Waals surface area contributed by atoms with E-state index in [4.69, 9.17) is 23.2 Å². The lowest BCUT2D eigenvalue weighted by molar-refractivity contribution is 0.339. The van der Waals surface area contributed by atoms with Crippen LogP contribution in [-0.4, -0.2) is 13.1 Å². The molecule has 0 aromatic heterocycles. The van der Waals surface area contributed by atoms with Gasteiger partial charge in [-0.15, -0.1) is 0 Å². The maximum atomic E-state index is 6.03. The Kier molecular flexibility index (Phi) is 3.24. The third kappa shape index (κ3) is 2.47. The van der Waals surface area contributed by atoms with Crippen molar-refractivity contribution in [1.29, 1.82) is 0 Å². The lowest BCUT2D eigenvalue weighted by atomic mass is 9.77. The van der Waals surface area contributed by atoms with Gasteiger partial charge in [-0.3, -0.25) is 0 Å². The predicted octanol–water partition coefficient (Wildman–Crippen LogP) is 3.63. The Hall–Kier alpha value is -0.240. The molecule has 1 N–H and O–H groups in total. The van der Waals surface area contributed by atoms with Crippen molar-refractivity contribution in [2.75, 3.05) is 13.1 Å². The Bertz CT molecular complexity index is 336. The molecule has 1 fully saturated rings. The third-order valence-corrected chi connectivity index (χ3v) is 3.59. The summed E-state index contributed by atoms with van der Waals surface area (Å²) < 4.78 is 0. The van der Waals surface area contributed by atoms with Crippen LogP contribution in [0.15, 0.2) is 18.2 Å². The zero-order valence-electron chi connectivity index (χ0n) is 8.82. The van der Waals surface area contributed by atoms with E-state index in [9.17, 15) is 0 Å². The van der Waals surface area contributed by atoms with Gasteiger partial charge >= 0.3 is 0 Å². The van der Waals surface area contributed by atoms with Crippen LogP contribution in [0, 0.1) is 0 Å². The van der Waals surface area contributed by atoms with Gasteiger partial charge in [0.05, 0.1) is 0 Å². The zero-order valence-corrected chi connectivity index (χ0v) is 10.3. The Morgan fingerprint density at radius 2 is 1.87 bits per heavy atom. The molecule has 15 heavy (non-hydrogen) atoms. The lowest BCUT2D eigenvalue weighted by Gasteiger charge is -2.34. The maximum absolute atomic E-state index is 6.03. The van der Waals surface area contributed by atoms with Crippen LogP contribution >= 0.6 is 23.2 Å². The van der Waals surface area contributed by atoms with E-state index in [-0.39, 0.29) is 5.41 Å². The molecule has 1 aliphatic heterocycles. The second kappa shape index (κ2) is 4.32. The fourth-order valence-corrected chi connectivity index (χ4v) is 2.73. The van der Waals surface area contributed by atoms with Crippen LogP contribution in [-0.2, 0) is 5.41 Å². The Labute approximate surface area is 101 Å². The van der Waals surface area contributed by atoms with Crippen LogP contribution in [0.3, 0.4) is 0 Å². The zero-order chi connectivity index (χ0) is 10.9. The highest BCUT2D eigenvalue weighted by atomic mass is 35.5. The monoisotopic (exact) mass is 243 g/mol. The molecule has 0 bridgehead atoms. The number of halogens is 2. The molecule has 1 aromatic rings. The molecule has 1 unspecified atom stereocenters. The second-order valence-corrected chi connectivity index (χ2v) is 5.37. The van der Waals surface area contributed by atoms with Gasteiger partial charge in [-0.25, -0.2) is 0 Å². The average Bonchev–Trinajstić information content (AvgIpc) is 2.17. The molecule has 1 aliphatic rings. The molecule has 1 atom stereocenters. The fraction of sp³-hybridized carbons (Fsp3) is 0.500. The van der Waals surface area contributed by atoms with Crippen LogP contribution in [0.2, 0.25) is 10.0 Å². The maximum Gasteiger partial charge on any atom is 0.0423 e. The van der Waals surface area contributed by atoms with Crippen LogP contribution in [0.4, 0.5) is 0 Å². The minimum absolute atomic E-state index is 0.173. The van der Waals surface area contributed by atoms with E-state index in [2.05, 4.69) is 12.2 Å². The first-order valence-corrected chi connectivity index (χ1v) is 6.03. The van der Waals surface area contributed by atoms with Crippen molar-refractivity contribution in [1.82, 2.24) is 5.32 Å². The molecule has 1 saturated heterocycles. The number of piperidine rings is 1. The fourth-order valence-electron chi connectivity index (χ4n) is 2.20. The van der Waals surface area contributed by atoms with Crippen molar-refractivity contribution in [3.8, 4) is 0 Å². The van der Waals surface area contributed by atoms with E-state index >= 15 is 0 Å². The standard InChI is InChI=1S/C12H15Cl2N/c1-12(3-2-4-15-8-12)9-5-10(13)7-11(14)6-9/h5-7,15H,2-4,8H2,1H3. The van der Waals surface area contributed by atoms with Gasteiger partial charge in [-0.05, 0) is 43.1 Å². The summed E-state index contributed by atoms with van der Waals surface area (Å²) in [6, 6.07) is 5.84. The second-order valence-electron chi connectivity index (χ2n) is 4.50. The molecule has 0 saturated carbocycles. The molecule has 0 aliphatic carbocycles. The van der Waals surface area contributed by atoms with Gasteiger partial charge in [0.25, 0.3) is 0 Å². The van der Waals surface area contributed by atoms with Crippen LogP contribution in [0.5, 0.6) is 0 Å². The number of nitrogens with one attached hydrogen (secondary N) is 1. The average molecular weight is 244 g/mol. The third-order valence-electron chi connectivity index (χ3n) is 3.16. The molecule has 0 amide bonds. The first-order valence-electron chi connectivity index (χ1n) is 5.27. The van der Waals surface area contributed by atoms with Gasteiger partial charge in [0, 0.05) is 22.0 Å². The molecule has 82 valence electrons. The molecule has 0 radical (unpaired) electrons. The van der Waals surface area contributed by atoms with E-state index < -0.39 is 0 Å². The van der Waals surface area contributed by atoms with E-state index in [1.165, 1.54) is 18.4 Å². The molecular formula is C12H15Cl2N. The van der Waals surface area contributed by atoms with Gasteiger partial charge in [-0.1, -0.05) is 30.1 Å². The van der Waals surface area contributed by atoms with Crippen molar-refractivity contribution in [3.05, 3.63) is 33.8 Å². The first-order chi connectivity index (χ1) is 7.10. The summed E-state index contributed by atoms with van der Waals surface area (Å²) in [7, 11) is 0. The summed E-state index contributed by atoms with van der Waals surface area (Å²) in [6.45, 7) is 4.38. The van der Waals surface area contributed by atoms with Crippen molar-refractivity contribution >= 4 is 23.2 Å². The highest BCUT2D eigenvalue weighted by molar-refractivity contribution is 6.34. The summed E-state index contributed by atoms with van der Waals surface area (Å²) in [6.07, 6.45) is 2.40. The van der Waals surface area contributed by atoms with Gasteiger partial charge in [0.2, 0.25) is 0 Å².